The summed E-state index contributed by atoms with van der Waals surface area (Å²) in [4.78, 5) is 12.8. The zero-order valence-electron chi connectivity index (χ0n) is 13.4. The predicted molar refractivity (Wildman–Crippen MR) is 104 cm³/mol. The van der Waals surface area contributed by atoms with Crippen LogP contribution in [-0.4, -0.2) is 4.99 Å². The molecule has 0 bridgehead atoms. The maximum absolute atomic E-state index is 12.8. The van der Waals surface area contributed by atoms with Gasteiger partial charge >= 0.3 is 5.63 Å². The van der Waals surface area contributed by atoms with Crippen LogP contribution >= 0.6 is 23.8 Å². The molecule has 3 aromatic rings. The first kappa shape index (κ1) is 16.6. The highest BCUT2D eigenvalue weighted by Crippen LogP contribution is 2.45. The van der Waals surface area contributed by atoms with E-state index in [-0.39, 0.29) is 16.4 Å². The van der Waals surface area contributed by atoms with Crippen LogP contribution in [0.15, 0.2) is 69.2 Å². The first-order chi connectivity index (χ1) is 12.5. The average molecular weight is 385 g/mol. The second-order valence-electron chi connectivity index (χ2n) is 5.83. The van der Waals surface area contributed by atoms with E-state index in [4.69, 9.17) is 44.4 Å². The fraction of sp³-hybridized carbons (Fsp3) is 0.0526. The Morgan fingerprint density at radius 1 is 1.12 bits per heavy atom. The number of ether oxygens (including phenoxy) is 1. The molecule has 0 amide bonds. The van der Waals surface area contributed by atoms with Crippen molar-refractivity contribution in [2.75, 3.05) is 0 Å². The van der Waals surface area contributed by atoms with E-state index in [1.165, 1.54) is 0 Å². The third-order valence-electron chi connectivity index (χ3n) is 4.34. The van der Waals surface area contributed by atoms with Crippen LogP contribution in [-0.2, 0) is 0 Å². The summed E-state index contributed by atoms with van der Waals surface area (Å²) >= 11 is 11.6. The fourth-order valence-electron chi connectivity index (χ4n) is 3.23. The largest absolute Gasteiger partial charge is 0.440 e. The lowest BCUT2D eigenvalue weighted by Gasteiger charge is -2.29. The molecule has 4 rings (SSSR count). The Labute approximate surface area is 158 Å². The number of halogens is 1. The van der Waals surface area contributed by atoms with Gasteiger partial charge in [-0.25, -0.2) is 4.79 Å². The summed E-state index contributed by atoms with van der Waals surface area (Å²) in [5.74, 6) is -0.296. The molecule has 130 valence electrons. The minimum atomic E-state index is -0.675. The highest BCUT2D eigenvalue weighted by molar-refractivity contribution is 7.80. The van der Waals surface area contributed by atoms with E-state index in [2.05, 4.69) is 0 Å². The summed E-state index contributed by atoms with van der Waals surface area (Å²) in [7, 11) is 0. The lowest BCUT2D eigenvalue weighted by atomic mass is 9.83. The van der Waals surface area contributed by atoms with Gasteiger partial charge in [-0.2, -0.15) is 0 Å². The SMILES string of the molecule is NC(=S)C1=C(N)Oc2c(c(=O)oc3ccccc23)C1c1ccccc1Cl. The second kappa shape index (κ2) is 6.16. The molecule has 0 saturated heterocycles. The highest BCUT2D eigenvalue weighted by atomic mass is 35.5. The second-order valence-corrected chi connectivity index (χ2v) is 6.67. The van der Waals surface area contributed by atoms with E-state index in [1.807, 2.05) is 12.1 Å². The van der Waals surface area contributed by atoms with Gasteiger partial charge in [0.25, 0.3) is 0 Å². The van der Waals surface area contributed by atoms with Gasteiger partial charge in [-0.1, -0.05) is 54.2 Å². The van der Waals surface area contributed by atoms with Gasteiger partial charge in [0.1, 0.15) is 10.6 Å². The van der Waals surface area contributed by atoms with Gasteiger partial charge in [0.05, 0.1) is 22.4 Å². The van der Waals surface area contributed by atoms with Gasteiger partial charge in [0.15, 0.2) is 11.6 Å². The molecule has 5 nitrogen and oxygen atoms in total. The molecule has 0 saturated carbocycles. The van der Waals surface area contributed by atoms with Crippen molar-refractivity contribution in [3.63, 3.8) is 0 Å². The quantitative estimate of drug-likeness (QED) is 0.519. The van der Waals surface area contributed by atoms with Crippen molar-refractivity contribution >= 4 is 39.8 Å². The van der Waals surface area contributed by atoms with Crippen LogP contribution in [0.5, 0.6) is 5.75 Å². The molecule has 7 heteroatoms. The standard InChI is InChI=1S/C19H13ClN2O3S/c20-11-7-3-1-5-9(11)13-14-16(25-17(21)15(13)18(22)26)10-6-2-4-8-12(10)24-19(14)23/h1-8,13H,21H2,(H2,22,26). The summed E-state index contributed by atoms with van der Waals surface area (Å²) in [5, 5.41) is 1.09. The van der Waals surface area contributed by atoms with E-state index in [9.17, 15) is 4.79 Å². The lowest BCUT2D eigenvalue weighted by molar-refractivity contribution is 0.389. The normalized spacial score (nSPS) is 16.3. The van der Waals surface area contributed by atoms with Gasteiger partial charge in [0.2, 0.25) is 0 Å². The molecule has 0 aliphatic carbocycles. The van der Waals surface area contributed by atoms with Crippen molar-refractivity contribution in [3.05, 3.63) is 86.6 Å². The number of hydrogen-bond acceptors (Lipinski definition) is 5. The molecular weight excluding hydrogens is 372 g/mol. The van der Waals surface area contributed by atoms with Crippen LogP contribution in [0, 0.1) is 0 Å². The van der Waals surface area contributed by atoms with E-state index in [0.717, 1.165) is 0 Å². The third-order valence-corrected chi connectivity index (χ3v) is 4.90. The topological polar surface area (TPSA) is 91.5 Å². The molecule has 1 aliphatic rings. The first-order valence-corrected chi connectivity index (χ1v) is 8.55. The van der Waals surface area contributed by atoms with Crippen molar-refractivity contribution in [3.8, 4) is 5.75 Å². The van der Waals surface area contributed by atoms with E-state index in [1.54, 1.807) is 36.4 Å². The maximum atomic E-state index is 12.8. The van der Waals surface area contributed by atoms with Gasteiger partial charge in [0, 0.05) is 5.02 Å². The summed E-state index contributed by atoms with van der Waals surface area (Å²) in [6.07, 6.45) is 0. The van der Waals surface area contributed by atoms with E-state index < -0.39 is 11.5 Å². The van der Waals surface area contributed by atoms with Crippen LogP contribution in [0.25, 0.3) is 11.0 Å². The summed E-state index contributed by atoms with van der Waals surface area (Å²) in [6, 6.07) is 14.2. The molecular formula is C19H13ClN2O3S. The van der Waals surface area contributed by atoms with Gasteiger partial charge in [-0.3, -0.25) is 0 Å². The number of hydrogen-bond donors (Lipinski definition) is 2. The molecule has 0 spiro atoms. The summed E-state index contributed by atoms with van der Waals surface area (Å²) in [6.45, 7) is 0. The number of para-hydroxylation sites is 1. The smallest absolute Gasteiger partial charge is 0.344 e. The van der Waals surface area contributed by atoms with Crippen molar-refractivity contribution in [1.82, 2.24) is 0 Å². The Hall–Kier alpha value is -2.83. The van der Waals surface area contributed by atoms with Crippen LogP contribution in [0.1, 0.15) is 17.0 Å². The van der Waals surface area contributed by atoms with Crippen molar-refractivity contribution in [2.24, 2.45) is 11.5 Å². The van der Waals surface area contributed by atoms with Crippen LogP contribution < -0.4 is 21.8 Å². The molecule has 1 atom stereocenters. The Kier molecular flexibility index (Phi) is 3.94. The van der Waals surface area contributed by atoms with Gasteiger partial charge < -0.3 is 20.6 Å². The molecule has 0 fully saturated rings. The zero-order chi connectivity index (χ0) is 18.4. The van der Waals surface area contributed by atoms with Crippen LogP contribution in [0.4, 0.5) is 0 Å². The molecule has 1 aliphatic heterocycles. The molecule has 0 radical (unpaired) electrons. The minimum absolute atomic E-state index is 0.0330. The Morgan fingerprint density at radius 2 is 1.81 bits per heavy atom. The number of nitrogens with two attached hydrogens (primary N) is 2. The number of thiocarbonyl (C=S) groups is 1. The number of rotatable bonds is 2. The predicted octanol–water partition coefficient (Wildman–Crippen LogP) is 3.43. The molecule has 2 aromatic carbocycles. The van der Waals surface area contributed by atoms with Crippen molar-refractivity contribution in [2.45, 2.75) is 5.92 Å². The first-order valence-electron chi connectivity index (χ1n) is 7.76. The summed E-state index contributed by atoms with van der Waals surface area (Å²) in [5.41, 5.74) is 13.1. The molecule has 26 heavy (non-hydrogen) atoms. The summed E-state index contributed by atoms with van der Waals surface area (Å²) < 4.78 is 11.3. The molecule has 2 heterocycles. The molecule has 1 unspecified atom stereocenters. The van der Waals surface area contributed by atoms with Crippen molar-refractivity contribution < 1.29 is 9.15 Å². The number of benzene rings is 2. The van der Waals surface area contributed by atoms with E-state index >= 15 is 0 Å². The Morgan fingerprint density at radius 3 is 2.54 bits per heavy atom. The van der Waals surface area contributed by atoms with Gasteiger partial charge in [-0.15, -0.1) is 0 Å². The monoisotopic (exact) mass is 384 g/mol. The molecule has 1 aromatic heterocycles. The third kappa shape index (κ3) is 2.46. The maximum Gasteiger partial charge on any atom is 0.344 e. The zero-order valence-corrected chi connectivity index (χ0v) is 14.9. The van der Waals surface area contributed by atoms with Crippen molar-refractivity contribution in [1.29, 1.82) is 0 Å². The van der Waals surface area contributed by atoms with Gasteiger partial charge in [-0.05, 0) is 23.8 Å². The van der Waals surface area contributed by atoms with Crippen LogP contribution in [0.2, 0.25) is 5.02 Å². The Balaban J connectivity index is 2.13. The Bertz CT molecular complexity index is 1150. The lowest BCUT2D eigenvalue weighted by Crippen LogP contribution is -2.32. The average Bonchev–Trinajstić information content (AvgIpc) is 2.61. The minimum Gasteiger partial charge on any atom is -0.440 e. The number of fused-ring (bicyclic) bond motifs is 3. The fourth-order valence-corrected chi connectivity index (χ4v) is 3.69. The molecule has 4 N–H and O–H groups in total. The van der Waals surface area contributed by atoms with Crippen LogP contribution in [0.3, 0.4) is 0 Å². The van der Waals surface area contributed by atoms with E-state index in [0.29, 0.717) is 32.9 Å². The highest BCUT2D eigenvalue weighted by Gasteiger charge is 2.37.